The second kappa shape index (κ2) is 17.0. The molecule has 0 saturated carbocycles. The first-order valence-electron chi connectivity index (χ1n) is 18.2. The van der Waals surface area contributed by atoms with Crippen molar-refractivity contribution in [2.75, 3.05) is 33.3 Å². The number of ketones is 1. The van der Waals surface area contributed by atoms with E-state index in [4.69, 9.17) is 14.2 Å². The summed E-state index contributed by atoms with van der Waals surface area (Å²) in [5, 5.41) is 10.5. The second-order valence-corrected chi connectivity index (χ2v) is 17.2. The third-order valence-corrected chi connectivity index (χ3v) is 11.1. The summed E-state index contributed by atoms with van der Waals surface area (Å²) in [5.74, 6) is -4.16. The molecule has 0 aliphatic carbocycles. The van der Waals surface area contributed by atoms with E-state index in [-0.39, 0.29) is 49.5 Å². The lowest BCUT2D eigenvalue weighted by Gasteiger charge is -2.42. The summed E-state index contributed by atoms with van der Waals surface area (Å²) in [6.45, 7) is 11.4. The van der Waals surface area contributed by atoms with E-state index in [1.165, 1.54) is 21.9 Å². The van der Waals surface area contributed by atoms with Gasteiger partial charge in [0.2, 0.25) is 0 Å². The molecule has 10 nitrogen and oxygen atoms in total. The van der Waals surface area contributed by atoms with Gasteiger partial charge in [-0.25, -0.2) is 14.0 Å². The molecule has 2 fully saturated rings. The molecule has 1 N–H and O–H groups in total. The summed E-state index contributed by atoms with van der Waals surface area (Å²) >= 11 is 0.688. The van der Waals surface area contributed by atoms with Gasteiger partial charge in [-0.3, -0.25) is 9.59 Å². The fraction of sp³-hybridized carbons (Fsp3) is 0.590. The number of rotatable bonds is 4. The maximum Gasteiger partial charge on any atom is 0.419 e. The smallest absolute Gasteiger partial charge is 0.419 e. The number of esters is 1. The first kappa shape index (κ1) is 45.6. The SMILES string of the molecule is CC(C)(C)OC(=O)N1CCC(C(=O)c2cccc(C(F)(F)F)c2F)CC1.COC(=O)[C@H]1Sc2c(C(F)(F)F)cccc2[C@]1(O)C1CCN(C(=O)OC(C)(C)C)CC1. The maximum atomic E-state index is 14.1. The van der Waals surface area contributed by atoms with Crippen LogP contribution in [-0.2, 0) is 37.0 Å². The van der Waals surface area contributed by atoms with Crippen molar-refractivity contribution in [3.8, 4) is 0 Å². The highest BCUT2D eigenvalue weighted by molar-refractivity contribution is 8.01. The van der Waals surface area contributed by atoms with Crippen molar-refractivity contribution in [1.82, 2.24) is 9.80 Å². The number of amides is 2. The number of likely N-dealkylation sites (tertiary alicyclic amines) is 2. The van der Waals surface area contributed by atoms with Gasteiger partial charge in [0.05, 0.1) is 23.8 Å². The molecule has 2 atom stereocenters. The number of hydrogen-bond donors (Lipinski definition) is 1. The molecule has 0 spiro atoms. The van der Waals surface area contributed by atoms with E-state index in [9.17, 15) is 55.0 Å². The number of carbonyl (C=O) groups excluding carboxylic acids is 4. The van der Waals surface area contributed by atoms with Crippen LogP contribution >= 0.6 is 11.8 Å². The Balaban J connectivity index is 0.000000257. The summed E-state index contributed by atoms with van der Waals surface area (Å²) in [5.41, 5.74) is -5.95. The third-order valence-electron chi connectivity index (χ3n) is 9.66. The number of carbonyl (C=O) groups is 4. The fourth-order valence-electron chi connectivity index (χ4n) is 6.96. The van der Waals surface area contributed by atoms with Gasteiger partial charge < -0.3 is 29.1 Å². The number of thioether (sulfide) groups is 1. The van der Waals surface area contributed by atoms with Gasteiger partial charge in [-0.2, -0.15) is 26.3 Å². The van der Waals surface area contributed by atoms with Crippen LogP contribution in [0.5, 0.6) is 0 Å². The van der Waals surface area contributed by atoms with Crippen molar-refractivity contribution in [1.29, 1.82) is 0 Å². The molecule has 0 radical (unpaired) electrons. The largest absolute Gasteiger partial charge is 0.468 e. The Morgan fingerprint density at radius 2 is 1.19 bits per heavy atom. The lowest BCUT2D eigenvalue weighted by atomic mass is 9.73. The van der Waals surface area contributed by atoms with Crippen LogP contribution in [0.1, 0.15) is 94.3 Å². The Hall–Kier alpha value is -4.06. The molecule has 0 aromatic heterocycles. The van der Waals surface area contributed by atoms with Crippen molar-refractivity contribution in [3.63, 3.8) is 0 Å². The van der Waals surface area contributed by atoms with Crippen LogP contribution in [-0.4, -0.2) is 88.6 Å². The zero-order valence-corrected chi connectivity index (χ0v) is 33.4. The lowest BCUT2D eigenvalue weighted by molar-refractivity contribution is -0.149. The number of benzene rings is 2. The normalized spacial score (nSPS) is 20.9. The van der Waals surface area contributed by atoms with Crippen molar-refractivity contribution in [2.24, 2.45) is 11.8 Å². The number of nitrogens with zero attached hydrogens (tertiary/aromatic N) is 2. The van der Waals surface area contributed by atoms with Gasteiger partial charge in [-0.15, -0.1) is 11.8 Å². The standard InChI is InChI=1S/C21H26F3NO5S.C18H21F4NO3/c1-19(2,3)30-18(27)25-10-8-12(9-11-25)20(28)13-6-5-7-14(21(22,23)24)15(13)31-16(20)17(26)29-4;1-17(2,3)26-16(25)23-9-7-11(8-10-23)15(24)12-5-4-6-13(14(12)19)18(20,21)22/h5-7,12,16,28H,8-11H2,1-4H3;4-6,11H,7-10H2,1-3H3/t16-,20-;/m1./s1. The van der Waals surface area contributed by atoms with Crippen LogP contribution in [0.15, 0.2) is 41.3 Å². The number of Topliss-reactive ketones (excluding diaryl/α,β-unsaturated/α-hetero) is 1. The molecule has 2 saturated heterocycles. The van der Waals surface area contributed by atoms with E-state index in [2.05, 4.69) is 0 Å². The monoisotopic (exact) mass is 836 g/mol. The Kier molecular flexibility index (Phi) is 13.6. The first-order valence-corrected chi connectivity index (χ1v) is 19.1. The van der Waals surface area contributed by atoms with Crippen molar-refractivity contribution >= 4 is 35.7 Å². The molecule has 3 aliphatic heterocycles. The van der Waals surface area contributed by atoms with E-state index in [0.29, 0.717) is 30.7 Å². The number of methoxy groups -OCH3 is 1. The number of alkyl halides is 6. The Bertz CT molecular complexity index is 1810. The van der Waals surface area contributed by atoms with E-state index in [1.54, 1.807) is 41.5 Å². The zero-order chi connectivity index (χ0) is 42.9. The highest BCUT2D eigenvalue weighted by atomic mass is 32.2. The summed E-state index contributed by atoms with van der Waals surface area (Å²) in [6.07, 6.45) is -9.37. The van der Waals surface area contributed by atoms with Crippen LogP contribution < -0.4 is 0 Å². The molecule has 3 heterocycles. The molecule has 5 rings (SSSR count). The fourth-order valence-corrected chi connectivity index (χ4v) is 8.56. The number of hydrogen-bond acceptors (Lipinski definition) is 9. The molecule has 3 aliphatic rings. The number of piperidine rings is 2. The minimum absolute atomic E-state index is 0.0819. The molecule has 18 heteroatoms. The molecule has 2 aromatic carbocycles. The summed E-state index contributed by atoms with van der Waals surface area (Å²) in [4.78, 5) is 52.1. The number of aliphatic hydroxyl groups is 1. The van der Waals surface area contributed by atoms with Crippen molar-refractivity contribution < 1.29 is 69.2 Å². The van der Waals surface area contributed by atoms with Crippen molar-refractivity contribution in [2.45, 2.75) is 107 Å². The molecule has 57 heavy (non-hydrogen) atoms. The predicted octanol–water partition coefficient (Wildman–Crippen LogP) is 8.86. The third kappa shape index (κ3) is 10.7. The van der Waals surface area contributed by atoms with Gasteiger partial charge in [0, 0.05) is 37.0 Å². The minimum atomic E-state index is -4.86. The van der Waals surface area contributed by atoms with Crippen LogP contribution in [0.3, 0.4) is 0 Å². The van der Waals surface area contributed by atoms with Crippen LogP contribution in [0.25, 0.3) is 0 Å². The molecule has 2 aromatic rings. The van der Waals surface area contributed by atoms with Gasteiger partial charge in [0.15, 0.2) is 5.78 Å². The van der Waals surface area contributed by atoms with Crippen LogP contribution in [0, 0.1) is 17.7 Å². The quantitative estimate of drug-likeness (QED) is 0.139. The minimum Gasteiger partial charge on any atom is -0.468 e. The highest BCUT2D eigenvalue weighted by Gasteiger charge is 2.57. The van der Waals surface area contributed by atoms with E-state index >= 15 is 0 Å². The summed E-state index contributed by atoms with van der Waals surface area (Å²) in [6, 6.07) is 6.31. The molecular formula is C39H47F7N2O8S. The molecule has 0 unspecified atom stereocenters. The number of halogens is 7. The summed E-state index contributed by atoms with van der Waals surface area (Å²) < 4.78 is 109. The van der Waals surface area contributed by atoms with E-state index in [0.717, 1.165) is 25.3 Å². The average molecular weight is 837 g/mol. The van der Waals surface area contributed by atoms with Gasteiger partial charge in [-0.1, -0.05) is 18.2 Å². The molecular weight excluding hydrogens is 789 g/mol. The highest BCUT2D eigenvalue weighted by Crippen LogP contribution is 2.57. The number of ether oxygens (including phenoxy) is 3. The maximum absolute atomic E-state index is 14.1. The molecule has 0 bridgehead atoms. The number of fused-ring (bicyclic) bond motifs is 1. The van der Waals surface area contributed by atoms with Crippen LogP contribution in [0.2, 0.25) is 0 Å². The predicted molar refractivity (Wildman–Crippen MR) is 194 cm³/mol. The Labute approximate surface area is 330 Å². The second-order valence-electron chi connectivity index (χ2n) is 16.0. The topological polar surface area (TPSA) is 123 Å². The Morgan fingerprint density at radius 3 is 1.65 bits per heavy atom. The van der Waals surface area contributed by atoms with Gasteiger partial charge in [-0.05, 0) is 96.9 Å². The zero-order valence-electron chi connectivity index (χ0n) is 32.6. The Morgan fingerprint density at radius 1 is 0.737 bits per heavy atom. The van der Waals surface area contributed by atoms with E-state index < -0.39 is 92.7 Å². The van der Waals surface area contributed by atoms with Gasteiger partial charge >= 0.3 is 30.5 Å². The molecule has 2 amide bonds. The van der Waals surface area contributed by atoms with Crippen molar-refractivity contribution in [3.05, 3.63) is 64.5 Å². The van der Waals surface area contributed by atoms with Gasteiger partial charge in [0.1, 0.15) is 27.9 Å². The van der Waals surface area contributed by atoms with E-state index in [1.807, 2.05) is 0 Å². The first-order chi connectivity index (χ1) is 26.2. The lowest BCUT2D eigenvalue weighted by Crippen LogP contribution is -2.51. The average Bonchev–Trinajstić information content (AvgIpc) is 3.42. The molecule has 316 valence electrons. The summed E-state index contributed by atoms with van der Waals surface area (Å²) in [7, 11) is 1.14. The van der Waals surface area contributed by atoms with Crippen LogP contribution in [0.4, 0.5) is 40.3 Å². The van der Waals surface area contributed by atoms with Gasteiger partial charge in [0.25, 0.3) is 0 Å².